The van der Waals surface area contributed by atoms with Crippen LogP contribution in [0.5, 0.6) is 0 Å². The van der Waals surface area contributed by atoms with Crippen LogP contribution in [0.15, 0.2) is 0 Å². The number of nitrogens with zero attached hydrogens (tertiary/aromatic N) is 1. The largest absolute Gasteiger partial charge is 0.469 e. The van der Waals surface area contributed by atoms with E-state index in [-0.39, 0.29) is 24.9 Å². The summed E-state index contributed by atoms with van der Waals surface area (Å²) in [6.07, 6.45) is -0.563. The Kier molecular flexibility index (Phi) is 7.71. The topological polar surface area (TPSA) is 136 Å². The molecule has 9 nitrogen and oxygen atoms in total. The Labute approximate surface area is 146 Å². The third-order valence-electron chi connectivity index (χ3n) is 3.73. The second-order valence-electron chi connectivity index (χ2n) is 6.41. The zero-order chi connectivity index (χ0) is 18.5. The molecule has 0 bridgehead atoms. The van der Waals surface area contributed by atoms with E-state index in [1.54, 1.807) is 4.90 Å². The van der Waals surface area contributed by atoms with Crippen molar-refractivity contribution < 1.29 is 33.6 Å². The molecule has 1 saturated heterocycles. The zero-order valence-corrected chi connectivity index (χ0v) is 15.5. The van der Waals surface area contributed by atoms with Gasteiger partial charge < -0.3 is 25.1 Å². The van der Waals surface area contributed by atoms with Crippen molar-refractivity contribution in [3.63, 3.8) is 0 Å². The van der Waals surface area contributed by atoms with Gasteiger partial charge in [0.1, 0.15) is 6.10 Å². The normalized spacial score (nSPS) is 19.1. The van der Waals surface area contributed by atoms with E-state index >= 15 is 0 Å². The third-order valence-corrected chi connectivity index (χ3v) is 4.45. The average molecular weight is 384 g/mol. The van der Waals surface area contributed by atoms with Crippen LogP contribution in [-0.2, 0) is 18.7 Å². The van der Waals surface area contributed by atoms with E-state index < -0.39 is 31.9 Å². The van der Waals surface area contributed by atoms with E-state index in [2.05, 4.69) is 22.5 Å². The smallest absolute Gasteiger partial charge is 0.383 e. The molecule has 0 saturated carbocycles. The number of hydrogen-bond donors (Lipinski definition) is 5. The number of phosphoric ester groups is 1. The number of carbonyl (C=O) groups is 2. The minimum atomic E-state index is -4.68. The highest BCUT2D eigenvalue weighted by Crippen LogP contribution is 2.38. The molecule has 1 rings (SSSR count). The minimum absolute atomic E-state index is 0.0688. The van der Waals surface area contributed by atoms with Crippen molar-refractivity contribution in [2.24, 2.45) is 5.41 Å². The highest BCUT2D eigenvalue weighted by molar-refractivity contribution is 7.80. The lowest BCUT2D eigenvalue weighted by molar-refractivity contribution is -0.137. The minimum Gasteiger partial charge on any atom is -0.383 e. The molecule has 0 radical (unpaired) electrons. The Bertz CT molecular complexity index is 511. The first kappa shape index (κ1) is 21.4. The van der Waals surface area contributed by atoms with Crippen LogP contribution in [0.3, 0.4) is 0 Å². The SMILES string of the molecule is CC(C)(COP(=O)(O)O)C(O)C(=O)NCCC(=O)N1CC1CCS. The van der Waals surface area contributed by atoms with Gasteiger partial charge in [-0.05, 0) is 12.2 Å². The van der Waals surface area contributed by atoms with Gasteiger partial charge >= 0.3 is 7.82 Å². The molecule has 0 spiro atoms. The molecule has 24 heavy (non-hydrogen) atoms. The van der Waals surface area contributed by atoms with Crippen molar-refractivity contribution in [1.29, 1.82) is 0 Å². The summed E-state index contributed by atoms with van der Waals surface area (Å²) in [6.45, 7) is 3.17. The first-order chi connectivity index (χ1) is 11.0. The van der Waals surface area contributed by atoms with Gasteiger partial charge in [0.15, 0.2) is 0 Å². The molecule has 0 aliphatic carbocycles. The average Bonchev–Trinajstić information content (AvgIpc) is 3.23. The monoisotopic (exact) mass is 384 g/mol. The van der Waals surface area contributed by atoms with Crippen LogP contribution in [0.4, 0.5) is 0 Å². The number of phosphoric acid groups is 1. The molecule has 4 N–H and O–H groups in total. The van der Waals surface area contributed by atoms with Crippen molar-refractivity contribution in [2.75, 3.05) is 25.4 Å². The van der Waals surface area contributed by atoms with Gasteiger partial charge in [0.25, 0.3) is 0 Å². The number of thiol groups is 1. The number of carbonyl (C=O) groups excluding carboxylic acids is 2. The number of aliphatic hydroxyl groups excluding tert-OH is 1. The molecular formula is C13H25N2O7PS. The Balaban J connectivity index is 2.33. The summed E-state index contributed by atoms with van der Waals surface area (Å²) in [7, 11) is -4.68. The standard InChI is InChI=1S/C13H25N2O7PS/c1-13(2,8-22-23(19,20)21)11(17)12(18)14-5-3-10(16)15-7-9(15)4-6-24/h9,11,17,24H,3-8H2,1-2H3,(H,14,18)(H2,19,20,21). The summed E-state index contributed by atoms with van der Waals surface area (Å²) < 4.78 is 15.0. The first-order valence-corrected chi connectivity index (χ1v) is 9.70. The highest BCUT2D eigenvalue weighted by Gasteiger charge is 2.38. The molecule has 1 aliphatic rings. The zero-order valence-electron chi connectivity index (χ0n) is 13.7. The fraction of sp³-hybridized carbons (Fsp3) is 0.846. The lowest BCUT2D eigenvalue weighted by Gasteiger charge is -2.29. The fourth-order valence-electron chi connectivity index (χ4n) is 2.10. The summed E-state index contributed by atoms with van der Waals surface area (Å²) in [5.74, 6) is -0.0798. The van der Waals surface area contributed by atoms with E-state index in [0.29, 0.717) is 12.3 Å². The van der Waals surface area contributed by atoms with Crippen LogP contribution in [0.2, 0.25) is 0 Å². The maximum atomic E-state index is 11.9. The summed E-state index contributed by atoms with van der Waals surface area (Å²) in [5, 5.41) is 12.4. The number of rotatable bonds is 10. The lowest BCUT2D eigenvalue weighted by atomic mass is 9.87. The Morgan fingerprint density at radius 3 is 2.62 bits per heavy atom. The number of hydrogen-bond acceptors (Lipinski definition) is 6. The van der Waals surface area contributed by atoms with E-state index in [1.165, 1.54) is 13.8 Å². The van der Waals surface area contributed by atoms with Gasteiger partial charge in [0, 0.05) is 24.9 Å². The molecule has 140 valence electrons. The van der Waals surface area contributed by atoms with Crippen molar-refractivity contribution in [3.8, 4) is 0 Å². The van der Waals surface area contributed by atoms with Crippen LogP contribution in [0, 0.1) is 5.41 Å². The molecule has 1 aliphatic heterocycles. The van der Waals surface area contributed by atoms with E-state index in [1.807, 2.05) is 0 Å². The highest BCUT2D eigenvalue weighted by atomic mass is 32.1. The maximum absolute atomic E-state index is 11.9. The van der Waals surface area contributed by atoms with Crippen LogP contribution in [-0.4, -0.2) is 69.2 Å². The molecule has 0 aromatic rings. The van der Waals surface area contributed by atoms with Crippen LogP contribution in [0.1, 0.15) is 26.7 Å². The molecule has 0 aromatic carbocycles. The van der Waals surface area contributed by atoms with Gasteiger partial charge in [-0.2, -0.15) is 12.6 Å². The van der Waals surface area contributed by atoms with Crippen molar-refractivity contribution >= 4 is 32.3 Å². The fourth-order valence-corrected chi connectivity index (χ4v) is 2.90. The quantitative estimate of drug-likeness (QED) is 0.195. The van der Waals surface area contributed by atoms with Crippen molar-refractivity contribution in [1.82, 2.24) is 10.2 Å². The number of aliphatic hydroxyl groups is 1. The van der Waals surface area contributed by atoms with Crippen LogP contribution in [0.25, 0.3) is 0 Å². The maximum Gasteiger partial charge on any atom is 0.469 e. The lowest BCUT2D eigenvalue weighted by Crippen LogP contribution is -2.46. The van der Waals surface area contributed by atoms with Crippen molar-refractivity contribution in [2.45, 2.75) is 38.8 Å². The predicted molar refractivity (Wildman–Crippen MR) is 89.4 cm³/mol. The Hall–Kier alpha value is -0.640. The molecule has 1 heterocycles. The van der Waals surface area contributed by atoms with Crippen LogP contribution < -0.4 is 5.32 Å². The number of amides is 2. The van der Waals surface area contributed by atoms with Gasteiger partial charge in [0.05, 0.1) is 12.6 Å². The van der Waals surface area contributed by atoms with Gasteiger partial charge in [0.2, 0.25) is 11.8 Å². The third kappa shape index (κ3) is 7.08. The summed E-state index contributed by atoms with van der Waals surface area (Å²) in [6, 6.07) is 0.236. The van der Waals surface area contributed by atoms with Crippen molar-refractivity contribution in [3.05, 3.63) is 0 Å². The molecule has 0 aromatic heterocycles. The summed E-state index contributed by atoms with van der Waals surface area (Å²) >= 11 is 4.11. The Morgan fingerprint density at radius 1 is 1.46 bits per heavy atom. The predicted octanol–water partition coefficient (Wildman–Crippen LogP) is -0.480. The van der Waals surface area contributed by atoms with Gasteiger partial charge in [-0.15, -0.1) is 0 Å². The number of nitrogens with one attached hydrogen (secondary N) is 1. The van der Waals surface area contributed by atoms with E-state index in [0.717, 1.165) is 6.42 Å². The van der Waals surface area contributed by atoms with Gasteiger partial charge in [-0.3, -0.25) is 14.1 Å². The molecule has 2 amide bonds. The molecular weight excluding hydrogens is 359 g/mol. The first-order valence-electron chi connectivity index (χ1n) is 7.54. The van der Waals surface area contributed by atoms with Crippen LogP contribution >= 0.6 is 20.5 Å². The second kappa shape index (κ2) is 8.64. The van der Waals surface area contributed by atoms with Gasteiger partial charge in [-0.25, -0.2) is 4.57 Å². The Morgan fingerprint density at radius 2 is 2.08 bits per heavy atom. The molecule has 1 fully saturated rings. The molecule has 2 unspecified atom stereocenters. The molecule has 11 heteroatoms. The summed E-state index contributed by atoms with van der Waals surface area (Å²) in [4.78, 5) is 42.8. The summed E-state index contributed by atoms with van der Waals surface area (Å²) in [5.41, 5.74) is -1.20. The second-order valence-corrected chi connectivity index (χ2v) is 8.09. The van der Waals surface area contributed by atoms with Gasteiger partial charge in [-0.1, -0.05) is 13.8 Å². The van der Waals surface area contributed by atoms with E-state index in [9.17, 15) is 19.3 Å². The van der Waals surface area contributed by atoms with E-state index in [4.69, 9.17) is 9.79 Å². The molecule has 2 atom stereocenters.